The van der Waals surface area contributed by atoms with Gasteiger partial charge in [0.1, 0.15) is 0 Å². The Morgan fingerprint density at radius 3 is 3.00 bits per heavy atom. The number of nitrogens with two attached hydrogens (primary N) is 1. The lowest BCUT2D eigenvalue weighted by atomic mass is 10.2. The minimum Gasteiger partial charge on any atom is -0.370 e. The van der Waals surface area contributed by atoms with Gasteiger partial charge in [0, 0.05) is 6.04 Å². The molecule has 4 nitrogen and oxygen atoms in total. The standard InChI is InChI=1S/C8H14N4/c1-6(4-9)5-11-8(10)12-7-2-3-7/h6-7H,2-3,5H2,1H3,(H3,10,11,12). The van der Waals surface area contributed by atoms with Crippen LogP contribution in [0.5, 0.6) is 0 Å². The Bertz CT molecular complexity index is 212. The zero-order chi connectivity index (χ0) is 8.97. The van der Waals surface area contributed by atoms with Crippen LogP contribution in [0.2, 0.25) is 0 Å². The van der Waals surface area contributed by atoms with Crippen LogP contribution in [0, 0.1) is 17.2 Å². The average molecular weight is 166 g/mol. The molecule has 1 fully saturated rings. The van der Waals surface area contributed by atoms with Crippen LogP contribution in [-0.4, -0.2) is 18.5 Å². The summed E-state index contributed by atoms with van der Waals surface area (Å²) in [7, 11) is 0. The van der Waals surface area contributed by atoms with Gasteiger partial charge in [-0.3, -0.25) is 4.99 Å². The molecule has 0 spiro atoms. The Hall–Kier alpha value is -1.24. The number of nitrogens with zero attached hydrogens (tertiary/aromatic N) is 2. The first-order valence-corrected chi connectivity index (χ1v) is 4.18. The van der Waals surface area contributed by atoms with Crippen molar-refractivity contribution in [1.29, 1.82) is 5.26 Å². The molecule has 0 saturated heterocycles. The molecule has 0 bridgehead atoms. The monoisotopic (exact) mass is 166 g/mol. The highest BCUT2D eigenvalue weighted by molar-refractivity contribution is 5.78. The molecule has 1 aliphatic rings. The second-order valence-corrected chi connectivity index (χ2v) is 3.17. The van der Waals surface area contributed by atoms with E-state index in [0.29, 0.717) is 18.5 Å². The molecule has 1 saturated carbocycles. The van der Waals surface area contributed by atoms with E-state index in [1.807, 2.05) is 6.92 Å². The Morgan fingerprint density at radius 2 is 2.50 bits per heavy atom. The largest absolute Gasteiger partial charge is 0.370 e. The van der Waals surface area contributed by atoms with Crippen LogP contribution in [0.3, 0.4) is 0 Å². The molecule has 12 heavy (non-hydrogen) atoms. The molecule has 0 aliphatic heterocycles. The molecule has 0 amide bonds. The molecule has 0 heterocycles. The van der Waals surface area contributed by atoms with Gasteiger partial charge in [-0.1, -0.05) is 0 Å². The molecule has 3 N–H and O–H groups in total. The van der Waals surface area contributed by atoms with Crippen LogP contribution >= 0.6 is 0 Å². The van der Waals surface area contributed by atoms with E-state index in [1.54, 1.807) is 0 Å². The van der Waals surface area contributed by atoms with E-state index in [0.717, 1.165) is 0 Å². The first kappa shape index (κ1) is 8.85. The third kappa shape index (κ3) is 3.24. The number of nitrogens with one attached hydrogen (secondary N) is 1. The zero-order valence-corrected chi connectivity index (χ0v) is 7.25. The van der Waals surface area contributed by atoms with Crippen molar-refractivity contribution < 1.29 is 0 Å². The fourth-order valence-corrected chi connectivity index (χ4v) is 0.759. The highest BCUT2D eigenvalue weighted by Crippen LogP contribution is 2.17. The highest BCUT2D eigenvalue weighted by Gasteiger charge is 2.21. The van der Waals surface area contributed by atoms with Gasteiger partial charge in [0.2, 0.25) is 0 Å². The summed E-state index contributed by atoms with van der Waals surface area (Å²) >= 11 is 0. The van der Waals surface area contributed by atoms with Gasteiger partial charge in [0.15, 0.2) is 5.96 Å². The van der Waals surface area contributed by atoms with E-state index in [4.69, 9.17) is 11.0 Å². The first-order chi connectivity index (χ1) is 5.72. The van der Waals surface area contributed by atoms with E-state index in [9.17, 15) is 0 Å². The smallest absolute Gasteiger partial charge is 0.188 e. The maximum absolute atomic E-state index is 8.46. The van der Waals surface area contributed by atoms with Gasteiger partial charge in [0.25, 0.3) is 0 Å². The van der Waals surface area contributed by atoms with Gasteiger partial charge in [-0.05, 0) is 19.8 Å². The van der Waals surface area contributed by atoms with Crippen LogP contribution in [-0.2, 0) is 0 Å². The summed E-state index contributed by atoms with van der Waals surface area (Å²) in [4.78, 5) is 4.04. The summed E-state index contributed by atoms with van der Waals surface area (Å²) in [6.07, 6.45) is 2.37. The van der Waals surface area contributed by atoms with Gasteiger partial charge in [-0.2, -0.15) is 5.26 Å². The molecule has 0 aromatic rings. The fraction of sp³-hybridized carbons (Fsp3) is 0.750. The number of aliphatic imine (C=N–C) groups is 1. The van der Waals surface area contributed by atoms with Gasteiger partial charge >= 0.3 is 0 Å². The van der Waals surface area contributed by atoms with Gasteiger partial charge in [0.05, 0.1) is 18.5 Å². The Labute approximate surface area is 72.5 Å². The molecule has 1 unspecified atom stereocenters. The summed E-state index contributed by atoms with van der Waals surface area (Å²) in [5.41, 5.74) is 5.55. The molecule has 66 valence electrons. The third-order valence-electron chi connectivity index (χ3n) is 1.69. The Morgan fingerprint density at radius 1 is 1.83 bits per heavy atom. The predicted molar refractivity (Wildman–Crippen MR) is 47.4 cm³/mol. The lowest BCUT2D eigenvalue weighted by Crippen LogP contribution is -2.33. The normalized spacial score (nSPS) is 19.8. The summed E-state index contributed by atoms with van der Waals surface area (Å²) in [6, 6.07) is 2.63. The van der Waals surface area contributed by atoms with Crippen LogP contribution < -0.4 is 11.1 Å². The molecule has 0 aromatic carbocycles. The second kappa shape index (κ2) is 3.96. The van der Waals surface area contributed by atoms with E-state index in [1.165, 1.54) is 12.8 Å². The topological polar surface area (TPSA) is 74.2 Å². The Balaban J connectivity index is 2.20. The van der Waals surface area contributed by atoms with E-state index in [2.05, 4.69) is 16.4 Å². The van der Waals surface area contributed by atoms with Crippen molar-refractivity contribution in [2.75, 3.05) is 6.54 Å². The predicted octanol–water partition coefficient (Wildman–Crippen LogP) is 0.213. The van der Waals surface area contributed by atoms with Crippen molar-refractivity contribution in [3.8, 4) is 6.07 Å². The summed E-state index contributed by atoms with van der Waals surface area (Å²) in [6.45, 7) is 2.32. The third-order valence-corrected chi connectivity index (χ3v) is 1.69. The molecule has 1 rings (SSSR count). The quantitative estimate of drug-likeness (QED) is 0.465. The number of hydrogen-bond donors (Lipinski definition) is 2. The summed E-state index contributed by atoms with van der Waals surface area (Å²) < 4.78 is 0. The molecular formula is C8H14N4. The summed E-state index contributed by atoms with van der Waals surface area (Å²) in [5, 5.41) is 11.5. The number of rotatable bonds is 3. The molecular weight excluding hydrogens is 152 g/mol. The van der Waals surface area contributed by atoms with Crippen molar-refractivity contribution in [3.05, 3.63) is 0 Å². The van der Waals surface area contributed by atoms with Crippen LogP contribution in [0.15, 0.2) is 4.99 Å². The van der Waals surface area contributed by atoms with Crippen LogP contribution in [0.4, 0.5) is 0 Å². The molecule has 1 atom stereocenters. The molecule has 4 heteroatoms. The van der Waals surface area contributed by atoms with E-state index in [-0.39, 0.29) is 5.92 Å². The van der Waals surface area contributed by atoms with Crippen LogP contribution in [0.1, 0.15) is 19.8 Å². The molecule has 0 radical (unpaired) electrons. The highest BCUT2D eigenvalue weighted by atomic mass is 15.1. The minimum atomic E-state index is -0.0513. The Kier molecular flexibility index (Phi) is 2.92. The van der Waals surface area contributed by atoms with Gasteiger partial charge in [-0.15, -0.1) is 0 Å². The number of guanidine groups is 1. The second-order valence-electron chi connectivity index (χ2n) is 3.17. The first-order valence-electron chi connectivity index (χ1n) is 4.18. The van der Waals surface area contributed by atoms with Gasteiger partial charge in [-0.25, -0.2) is 0 Å². The molecule has 1 aliphatic carbocycles. The number of nitriles is 1. The summed E-state index contributed by atoms with van der Waals surface area (Å²) in [5.74, 6) is 0.421. The van der Waals surface area contributed by atoms with Crippen molar-refractivity contribution >= 4 is 5.96 Å². The van der Waals surface area contributed by atoms with E-state index >= 15 is 0 Å². The molecule has 0 aromatic heterocycles. The fourth-order valence-electron chi connectivity index (χ4n) is 0.759. The lowest BCUT2D eigenvalue weighted by molar-refractivity contribution is 0.746. The van der Waals surface area contributed by atoms with Crippen LogP contribution in [0.25, 0.3) is 0 Å². The maximum atomic E-state index is 8.46. The van der Waals surface area contributed by atoms with Crippen molar-refractivity contribution in [2.24, 2.45) is 16.6 Å². The lowest BCUT2D eigenvalue weighted by Gasteiger charge is -2.02. The number of hydrogen-bond acceptors (Lipinski definition) is 2. The zero-order valence-electron chi connectivity index (χ0n) is 7.25. The van der Waals surface area contributed by atoms with Crippen molar-refractivity contribution in [3.63, 3.8) is 0 Å². The average Bonchev–Trinajstić information content (AvgIpc) is 2.84. The SMILES string of the molecule is CC(C#N)CN=C(N)NC1CC1. The van der Waals surface area contributed by atoms with Crippen molar-refractivity contribution in [1.82, 2.24) is 5.32 Å². The van der Waals surface area contributed by atoms with Gasteiger partial charge < -0.3 is 11.1 Å². The maximum Gasteiger partial charge on any atom is 0.188 e. The van der Waals surface area contributed by atoms with Crippen molar-refractivity contribution in [2.45, 2.75) is 25.8 Å². The van der Waals surface area contributed by atoms with E-state index < -0.39 is 0 Å². The minimum absolute atomic E-state index is 0.0513.